The number of fused-ring (bicyclic) bond motifs is 1. The monoisotopic (exact) mass is 504 g/mol. The second-order valence-electron chi connectivity index (χ2n) is 8.39. The highest BCUT2D eigenvalue weighted by Gasteiger charge is 2.34. The number of tetrazole rings is 1. The van der Waals surface area contributed by atoms with Gasteiger partial charge in [0.05, 0.1) is 10.6 Å². The molecule has 0 saturated heterocycles. The average molecular weight is 505 g/mol. The van der Waals surface area contributed by atoms with Gasteiger partial charge in [0.15, 0.2) is 0 Å². The van der Waals surface area contributed by atoms with Crippen LogP contribution in [0.2, 0.25) is 5.02 Å². The third kappa shape index (κ3) is 4.65. The van der Waals surface area contributed by atoms with Gasteiger partial charge in [0, 0.05) is 16.9 Å². The summed E-state index contributed by atoms with van der Waals surface area (Å²) in [5.41, 5.74) is 3.95. The zero-order valence-corrected chi connectivity index (χ0v) is 20.3. The Morgan fingerprint density at radius 3 is 2.58 bits per heavy atom. The summed E-state index contributed by atoms with van der Waals surface area (Å²) in [7, 11) is 0. The van der Waals surface area contributed by atoms with Crippen molar-refractivity contribution in [2.24, 2.45) is 0 Å². The number of aromatic nitrogens is 4. The van der Waals surface area contributed by atoms with Crippen LogP contribution in [0.3, 0.4) is 0 Å². The first-order valence-corrected chi connectivity index (χ1v) is 11.6. The van der Waals surface area contributed by atoms with Crippen LogP contribution >= 0.6 is 11.6 Å². The molecule has 0 saturated carbocycles. The van der Waals surface area contributed by atoms with Crippen LogP contribution in [0.1, 0.15) is 29.7 Å². The Morgan fingerprint density at radius 2 is 1.86 bits per heavy atom. The summed E-state index contributed by atoms with van der Waals surface area (Å²) < 4.78 is 21.4. The Hall–Kier alpha value is -4.24. The topological polar surface area (TPSA) is 94.0 Å². The smallest absolute Gasteiger partial charge is 0.255 e. The molecule has 8 nitrogen and oxygen atoms in total. The molecule has 1 atom stereocenters. The molecule has 0 aliphatic carbocycles. The molecule has 1 aliphatic rings. The van der Waals surface area contributed by atoms with Crippen molar-refractivity contribution < 1.29 is 13.9 Å². The molecule has 0 radical (unpaired) electrons. The fraction of sp³-hybridized carbons (Fsp3) is 0.154. The molecule has 1 aromatic heterocycles. The summed E-state index contributed by atoms with van der Waals surface area (Å²) in [6, 6.07) is 18.6. The molecule has 0 bridgehead atoms. The highest BCUT2D eigenvalue weighted by molar-refractivity contribution is 6.31. The number of rotatable bonds is 6. The van der Waals surface area contributed by atoms with E-state index in [0.717, 1.165) is 11.1 Å². The Labute approximate surface area is 211 Å². The number of carbonyl (C=O) groups is 1. The lowest BCUT2D eigenvalue weighted by atomic mass is 9.95. The van der Waals surface area contributed by atoms with Crippen LogP contribution in [0.25, 0.3) is 0 Å². The van der Waals surface area contributed by atoms with Gasteiger partial charge in [-0.15, -0.1) is 0 Å². The van der Waals surface area contributed by atoms with E-state index in [1.165, 1.54) is 6.07 Å². The number of ether oxygens (including phenoxy) is 1. The minimum absolute atomic E-state index is 0.0153. The van der Waals surface area contributed by atoms with Crippen LogP contribution in [-0.4, -0.2) is 26.1 Å². The molecule has 182 valence electrons. The van der Waals surface area contributed by atoms with Crippen molar-refractivity contribution in [3.8, 4) is 5.75 Å². The first-order valence-electron chi connectivity index (χ1n) is 11.2. The van der Waals surface area contributed by atoms with Gasteiger partial charge in [-0.25, -0.2) is 4.39 Å². The highest BCUT2D eigenvalue weighted by atomic mass is 35.5. The van der Waals surface area contributed by atoms with Gasteiger partial charge in [-0.2, -0.15) is 4.68 Å². The predicted molar refractivity (Wildman–Crippen MR) is 134 cm³/mol. The molecule has 2 heterocycles. The molecule has 0 spiro atoms. The molecule has 36 heavy (non-hydrogen) atoms. The molecule has 0 fully saturated rings. The van der Waals surface area contributed by atoms with Crippen molar-refractivity contribution >= 4 is 29.1 Å². The van der Waals surface area contributed by atoms with Crippen molar-refractivity contribution in [1.82, 2.24) is 20.2 Å². The molecule has 10 heteroatoms. The molecule has 4 aromatic rings. The first kappa shape index (κ1) is 23.5. The lowest BCUT2D eigenvalue weighted by Gasteiger charge is -2.28. The Kier molecular flexibility index (Phi) is 6.39. The van der Waals surface area contributed by atoms with Gasteiger partial charge in [-0.05, 0) is 66.2 Å². The maximum absolute atomic E-state index is 14.1. The lowest BCUT2D eigenvalue weighted by Crippen LogP contribution is -2.31. The summed E-state index contributed by atoms with van der Waals surface area (Å²) in [5, 5.41) is 18.3. The highest BCUT2D eigenvalue weighted by Crippen LogP contribution is 2.35. The van der Waals surface area contributed by atoms with Gasteiger partial charge in [-0.3, -0.25) is 4.79 Å². The van der Waals surface area contributed by atoms with E-state index < -0.39 is 11.9 Å². The Balaban J connectivity index is 1.41. The second-order valence-corrected chi connectivity index (χ2v) is 8.80. The number of benzene rings is 3. The minimum atomic E-state index is -0.572. The van der Waals surface area contributed by atoms with Crippen molar-refractivity contribution in [3.05, 3.63) is 106 Å². The molecule has 1 amide bonds. The van der Waals surface area contributed by atoms with E-state index in [0.29, 0.717) is 33.7 Å². The zero-order chi connectivity index (χ0) is 25.2. The van der Waals surface area contributed by atoms with E-state index in [1.54, 1.807) is 28.9 Å². The fourth-order valence-corrected chi connectivity index (χ4v) is 4.24. The summed E-state index contributed by atoms with van der Waals surface area (Å²) in [6.45, 7) is 3.78. The number of anilines is 2. The quantitative estimate of drug-likeness (QED) is 0.371. The van der Waals surface area contributed by atoms with Gasteiger partial charge >= 0.3 is 0 Å². The number of halogens is 2. The molecule has 5 rings (SSSR count). The molecule has 2 N–H and O–H groups in total. The number of amides is 1. The Bertz CT molecular complexity index is 1430. The van der Waals surface area contributed by atoms with Crippen molar-refractivity contribution in [1.29, 1.82) is 0 Å². The number of nitrogens with one attached hydrogen (secondary N) is 2. The number of hydrogen-bond donors (Lipinski definition) is 2. The van der Waals surface area contributed by atoms with Gasteiger partial charge in [0.25, 0.3) is 5.91 Å². The number of allylic oxidation sites excluding steroid dienone is 1. The maximum atomic E-state index is 14.1. The number of aryl methyl sites for hydroxylation is 1. The first-order chi connectivity index (χ1) is 17.4. The third-order valence-corrected chi connectivity index (χ3v) is 6.26. The summed E-state index contributed by atoms with van der Waals surface area (Å²) in [4.78, 5) is 13.4. The molecular weight excluding hydrogens is 483 g/mol. The Morgan fingerprint density at radius 1 is 1.11 bits per heavy atom. The van der Waals surface area contributed by atoms with Crippen LogP contribution in [0.5, 0.6) is 5.75 Å². The van der Waals surface area contributed by atoms with Crippen LogP contribution in [-0.2, 0) is 11.4 Å². The second kappa shape index (κ2) is 9.79. The summed E-state index contributed by atoms with van der Waals surface area (Å²) in [6.07, 6.45) is 0. The van der Waals surface area contributed by atoms with Crippen LogP contribution in [0.4, 0.5) is 16.0 Å². The minimum Gasteiger partial charge on any atom is -0.489 e. The normalized spacial score (nSPS) is 14.7. The van der Waals surface area contributed by atoms with Crippen molar-refractivity contribution in [3.63, 3.8) is 0 Å². The van der Waals surface area contributed by atoms with Crippen LogP contribution in [0.15, 0.2) is 78.0 Å². The largest absolute Gasteiger partial charge is 0.489 e. The summed E-state index contributed by atoms with van der Waals surface area (Å²) >= 11 is 6.09. The molecular formula is C26H22ClFN6O2. The van der Waals surface area contributed by atoms with E-state index in [2.05, 4.69) is 26.2 Å². The fourth-order valence-electron chi connectivity index (χ4n) is 4.02. The maximum Gasteiger partial charge on any atom is 0.255 e. The zero-order valence-electron chi connectivity index (χ0n) is 19.5. The standard InChI is InChI=1S/C26H22ClFN6O2/c1-15-6-10-18(11-7-15)30-25(35)23-16(2)29-26-31-32-33-34(26)24(23)17-8-12-19(13-9-17)36-14-20-21(27)4-3-5-22(20)28/h3-13,24H,14H2,1-2H3,(H,30,35)(H,29,31,33). The van der Waals surface area contributed by atoms with Gasteiger partial charge < -0.3 is 15.4 Å². The third-order valence-electron chi connectivity index (χ3n) is 5.91. The van der Waals surface area contributed by atoms with E-state index in [9.17, 15) is 9.18 Å². The van der Waals surface area contributed by atoms with E-state index in [1.807, 2.05) is 50.2 Å². The SMILES string of the molecule is CC1=C(C(=O)Nc2ccc(C)cc2)C(c2ccc(OCc3c(F)cccc3Cl)cc2)n2nnnc2N1. The number of nitrogens with zero attached hydrogens (tertiary/aromatic N) is 4. The van der Waals surface area contributed by atoms with E-state index in [-0.39, 0.29) is 18.1 Å². The van der Waals surface area contributed by atoms with Gasteiger partial charge in [-0.1, -0.05) is 52.6 Å². The molecule has 1 unspecified atom stereocenters. The number of hydrogen-bond acceptors (Lipinski definition) is 6. The van der Waals surface area contributed by atoms with Crippen molar-refractivity contribution in [2.75, 3.05) is 10.6 Å². The summed E-state index contributed by atoms with van der Waals surface area (Å²) in [5.74, 6) is 0.253. The van der Waals surface area contributed by atoms with Crippen LogP contribution < -0.4 is 15.4 Å². The van der Waals surface area contributed by atoms with Gasteiger partial charge in [0.1, 0.15) is 24.2 Å². The van der Waals surface area contributed by atoms with E-state index in [4.69, 9.17) is 16.3 Å². The molecule has 1 aliphatic heterocycles. The lowest BCUT2D eigenvalue weighted by molar-refractivity contribution is -0.113. The average Bonchev–Trinajstić information content (AvgIpc) is 3.33. The van der Waals surface area contributed by atoms with Crippen molar-refractivity contribution in [2.45, 2.75) is 26.5 Å². The number of carbonyl (C=O) groups excluding carboxylic acids is 1. The van der Waals surface area contributed by atoms with Gasteiger partial charge in [0.2, 0.25) is 5.95 Å². The van der Waals surface area contributed by atoms with E-state index >= 15 is 0 Å². The predicted octanol–water partition coefficient (Wildman–Crippen LogP) is 5.28. The molecule has 3 aromatic carbocycles. The van der Waals surface area contributed by atoms with Crippen LogP contribution in [0, 0.1) is 12.7 Å².